The number of hydrogen-bond donors (Lipinski definition) is 1. The van der Waals surface area contributed by atoms with Crippen LogP contribution in [0.2, 0.25) is 0 Å². The summed E-state index contributed by atoms with van der Waals surface area (Å²) in [7, 11) is 0. The lowest BCUT2D eigenvalue weighted by Gasteiger charge is -2.14. The molecular weight excluding hydrogens is 225 g/mol. The minimum atomic E-state index is -0.198. The van der Waals surface area contributed by atoms with Gasteiger partial charge in [-0.2, -0.15) is 0 Å². The molecule has 0 spiro atoms. The van der Waals surface area contributed by atoms with E-state index in [0.717, 1.165) is 17.7 Å². The molecule has 0 aromatic heterocycles. The number of nitrogens with one attached hydrogen (secondary N) is 1. The van der Waals surface area contributed by atoms with Crippen molar-refractivity contribution < 1.29 is 4.39 Å². The van der Waals surface area contributed by atoms with Gasteiger partial charge in [0.05, 0.1) is 0 Å². The monoisotopic (exact) mass is 243 g/mol. The van der Waals surface area contributed by atoms with Crippen LogP contribution in [-0.4, -0.2) is 6.54 Å². The molecule has 1 unspecified atom stereocenters. The molecule has 2 aromatic rings. The van der Waals surface area contributed by atoms with Crippen LogP contribution in [0, 0.1) is 5.82 Å². The van der Waals surface area contributed by atoms with E-state index in [4.69, 9.17) is 0 Å². The van der Waals surface area contributed by atoms with Crippen LogP contribution in [0.15, 0.2) is 48.5 Å². The maximum atomic E-state index is 12.9. The van der Waals surface area contributed by atoms with Crippen molar-refractivity contribution in [1.82, 2.24) is 5.32 Å². The van der Waals surface area contributed by atoms with E-state index < -0.39 is 0 Å². The van der Waals surface area contributed by atoms with Crippen molar-refractivity contribution in [3.63, 3.8) is 0 Å². The van der Waals surface area contributed by atoms with Gasteiger partial charge >= 0.3 is 0 Å². The summed E-state index contributed by atoms with van der Waals surface area (Å²) in [5.74, 6) is -0.198. The molecule has 1 nitrogen and oxygen atoms in total. The van der Waals surface area contributed by atoms with Crippen LogP contribution in [0.4, 0.5) is 4.39 Å². The molecule has 1 atom stereocenters. The molecule has 1 N–H and O–H groups in total. The maximum Gasteiger partial charge on any atom is 0.123 e. The fraction of sp³-hybridized carbons (Fsp3) is 0.250. The van der Waals surface area contributed by atoms with Crippen LogP contribution in [0.5, 0.6) is 0 Å². The highest BCUT2D eigenvalue weighted by molar-refractivity contribution is 5.64. The van der Waals surface area contributed by atoms with Crippen molar-refractivity contribution in [2.45, 2.75) is 19.9 Å². The Hall–Kier alpha value is -1.67. The van der Waals surface area contributed by atoms with E-state index >= 15 is 0 Å². The summed E-state index contributed by atoms with van der Waals surface area (Å²) in [4.78, 5) is 0. The zero-order chi connectivity index (χ0) is 13.0. The summed E-state index contributed by atoms with van der Waals surface area (Å²) in [5.41, 5.74) is 3.41. The van der Waals surface area contributed by atoms with E-state index in [2.05, 4.69) is 37.4 Å². The molecule has 2 heteroatoms. The highest BCUT2D eigenvalue weighted by atomic mass is 19.1. The highest BCUT2D eigenvalue weighted by Crippen LogP contribution is 2.23. The SMILES string of the molecule is CCNC(C)c1cccc(-c2ccc(F)cc2)c1. The van der Waals surface area contributed by atoms with Gasteiger partial charge in [0.1, 0.15) is 5.82 Å². The van der Waals surface area contributed by atoms with Crippen molar-refractivity contribution in [2.75, 3.05) is 6.54 Å². The fourth-order valence-corrected chi connectivity index (χ4v) is 2.05. The lowest BCUT2D eigenvalue weighted by molar-refractivity contribution is 0.598. The molecule has 0 aliphatic carbocycles. The summed E-state index contributed by atoms with van der Waals surface area (Å²) < 4.78 is 12.9. The summed E-state index contributed by atoms with van der Waals surface area (Å²) in [6, 6.07) is 15.3. The van der Waals surface area contributed by atoms with E-state index in [1.807, 2.05) is 18.2 Å². The smallest absolute Gasteiger partial charge is 0.123 e. The molecule has 0 radical (unpaired) electrons. The molecule has 2 aromatic carbocycles. The van der Waals surface area contributed by atoms with Crippen LogP contribution in [0.25, 0.3) is 11.1 Å². The molecule has 0 bridgehead atoms. The van der Waals surface area contributed by atoms with E-state index in [-0.39, 0.29) is 5.82 Å². The van der Waals surface area contributed by atoms with E-state index in [9.17, 15) is 4.39 Å². The third-order valence-electron chi connectivity index (χ3n) is 3.07. The maximum absolute atomic E-state index is 12.9. The Morgan fingerprint density at radius 2 is 1.78 bits per heavy atom. The minimum absolute atomic E-state index is 0.198. The first-order valence-corrected chi connectivity index (χ1v) is 6.30. The Bertz CT molecular complexity index is 505. The van der Waals surface area contributed by atoms with E-state index in [0.29, 0.717) is 6.04 Å². The molecule has 0 aliphatic rings. The van der Waals surface area contributed by atoms with Gasteiger partial charge < -0.3 is 5.32 Å². The van der Waals surface area contributed by atoms with Gasteiger partial charge in [-0.05, 0) is 48.4 Å². The minimum Gasteiger partial charge on any atom is -0.310 e. The second-order valence-corrected chi connectivity index (χ2v) is 4.41. The molecule has 0 aliphatic heterocycles. The Morgan fingerprint density at radius 3 is 2.44 bits per heavy atom. The molecule has 0 saturated heterocycles. The number of hydrogen-bond acceptors (Lipinski definition) is 1. The van der Waals surface area contributed by atoms with Gasteiger partial charge in [-0.15, -0.1) is 0 Å². The van der Waals surface area contributed by atoms with Gasteiger partial charge in [-0.1, -0.05) is 37.3 Å². The van der Waals surface area contributed by atoms with Crippen molar-refractivity contribution in [1.29, 1.82) is 0 Å². The largest absolute Gasteiger partial charge is 0.310 e. The second kappa shape index (κ2) is 5.78. The van der Waals surface area contributed by atoms with Crippen molar-refractivity contribution in [3.05, 3.63) is 59.9 Å². The van der Waals surface area contributed by atoms with Gasteiger partial charge in [0.2, 0.25) is 0 Å². The van der Waals surface area contributed by atoms with Gasteiger partial charge in [0.25, 0.3) is 0 Å². The molecule has 0 heterocycles. The highest BCUT2D eigenvalue weighted by Gasteiger charge is 2.05. The molecule has 18 heavy (non-hydrogen) atoms. The molecule has 94 valence electrons. The number of halogens is 1. The normalized spacial score (nSPS) is 12.4. The lowest BCUT2D eigenvalue weighted by atomic mass is 10.00. The Balaban J connectivity index is 2.29. The quantitative estimate of drug-likeness (QED) is 0.850. The predicted molar refractivity (Wildman–Crippen MR) is 73.9 cm³/mol. The summed E-state index contributed by atoms with van der Waals surface area (Å²) in [6.45, 7) is 5.19. The van der Waals surface area contributed by atoms with E-state index in [1.165, 1.54) is 17.7 Å². The van der Waals surface area contributed by atoms with Crippen LogP contribution in [0.1, 0.15) is 25.5 Å². The average molecular weight is 243 g/mol. The first kappa shape index (κ1) is 12.8. The summed E-state index contributed by atoms with van der Waals surface area (Å²) >= 11 is 0. The van der Waals surface area contributed by atoms with Gasteiger partial charge in [-0.25, -0.2) is 4.39 Å². The van der Waals surface area contributed by atoms with Crippen LogP contribution >= 0.6 is 0 Å². The van der Waals surface area contributed by atoms with Gasteiger partial charge in [-0.3, -0.25) is 0 Å². The Morgan fingerprint density at radius 1 is 1.06 bits per heavy atom. The lowest BCUT2D eigenvalue weighted by Crippen LogP contribution is -2.17. The number of benzene rings is 2. The second-order valence-electron chi connectivity index (χ2n) is 4.41. The van der Waals surface area contributed by atoms with Crippen molar-refractivity contribution in [3.8, 4) is 11.1 Å². The van der Waals surface area contributed by atoms with Crippen LogP contribution in [0.3, 0.4) is 0 Å². The Labute approximate surface area is 108 Å². The zero-order valence-corrected chi connectivity index (χ0v) is 10.8. The summed E-state index contributed by atoms with van der Waals surface area (Å²) in [5, 5.41) is 3.39. The van der Waals surface area contributed by atoms with Crippen molar-refractivity contribution >= 4 is 0 Å². The third kappa shape index (κ3) is 2.96. The van der Waals surface area contributed by atoms with Crippen molar-refractivity contribution in [2.24, 2.45) is 0 Å². The molecule has 0 fully saturated rings. The average Bonchev–Trinajstić information content (AvgIpc) is 2.40. The first-order chi connectivity index (χ1) is 8.70. The molecular formula is C16H18FN. The summed E-state index contributed by atoms with van der Waals surface area (Å²) in [6.07, 6.45) is 0. The van der Waals surface area contributed by atoms with Gasteiger partial charge in [0.15, 0.2) is 0 Å². The van der Waals surface area contributed by atoms with E-state index in [1.54, 1.807) is 0 Å². The van der Waals surface area contributed by atoms with Crippen LogP contribution < -0.4 is 5.32 Å². The first-order valence-electron chi connectivity index (χ1n) is 6.30. The van der Waals surface area contributed by atoms with Crippen LogP contribution in [-0.2, 0) is 0 Å². The zero-order valence-electron chi connectivity index (χ0n) is 10.8. The third-order valence-corrected chi connectivity index (χ3v) is 3.07. The molecule has 2 rings (SSSR count). The molecule has 0 saturated carbocycles. The Kier molecular flexibility index (Phi) is 4.11. The molecule has 0 amide bonds. The predicted octanol–water partition coefficient (Wildman–Crippen LogP) is 4.16. The fourth-order valence-electron chi connectivity index (χ4n) is 2.05. The standard InChI is InChI=1S/C16H18FN/c1-3-18-12(2)14-5-4-6-15(11-14)13-7-9-16(17)10-8-13/h4-12,18H,3H2,1-2H3. The number of rotatable bonds is 4. The van der Waals surface area contributed by atoms with Gasteiger partial charge in [0, 0.05) is 6.04 Å². The topological polar surface area (TPSA) is 12.0 Å².